The van der Waals surface area contributed by atoms with E-state index in [1.807, 2.05) is 24.3 Å². The lowest BCUT2D eigenvalue weighted by Gasteiger charge is -2.18. The van der Waals surface area contributed by atoms with Gasteiger partial charge in [-0.2, -0.15) is 0 Å². The molecule has 0 saturated carbocycles. The lowest BCUT2D eigenvalue weighted by atomic mass is 9.95. The first-order valence-electron chi connectivity index (χ1n) is 7.01. The van der Waals surface area contributed by atoms with Crippen LogP contribution in [0.25, 0.3) is 0 Å². The van der Waals surface area contributed by atoms with E-state index in [1.54, 1.807) is 0 Å². The zero-order valence-electron chi connectivity index (χ0n) is 12.2. The van der Waals surface area contributed by atoms with Crippen LogP contribution in [-0.4, -0.2) is 0 Å². The van der Waals surface area contributed by atoms with Crippen molar-refractivity contribution < 1.29 is 8.78 Å². The lowest BCUT2D eigenvalue weighted by molar-refractivity contribution is 0.500. The summed E-state index contributed by atoms with van der Waals surface area (Å²) in [5.41, 5.74) is 4.81. The molecular formula is C17H20F2N2. The second-order valence-electron chi connectivity index (χ2n) is 5.44. The van der Waals surface area contributed by atoms with Crippen LogP contribution in [0.2, 0.25) is 0 Å². The smallest absolute Gasteiger partial charge is 0.129 e. The van der Waals surface area contributed by atoms with Crippen molar-refractivity contribution >= 4 is 0 Å². The monoisotopic (exact) mass is 290 g/mol. The van der Waals surface area contributed by atoms with Gasteiger partial charge in [0.2, 0.25) is 0 Å². The molecule has 0 fully saturated rings. The summed E-state index contributed by atoms with van der Waals surface area (Å²) in [6.07, 6.45) is 0.163. The molecule has 0 saturated heterocycles. The summed E-state index contributed by atoms with van der Waals surface area (Å²) in [4.78, 5) is 0. The van der Waals surface area contributed by atoms with Crippen molar-refractivity contribution in [1.29, 1.82) is 0 Å². The number of hydrogen-bond donors (Lipinski definition) is 2. The van der Waals surface area contributed by atoms with Gasteiger partial charge in [0.1, 0.15) is 11.6 Å². The van der Waals surface area contributed by atoms with Gasteiger partial charge in [0.15, 0.2) is 0 Å². The first-order chi connectivity index (χ1) is 10.0. The molecular weight excluding hydrogens is 270 g/mol. The zero-order chi connectivity index (χ0) is 15.4. The Morgan fingerprint density at radius 3 is 1.95 bits per heavy atom. The Kier molecular flexibility index (Phi) is 5.04. The standard InChI is InChI=1S/C17H20F2N2/c1-11(2)12-6-8-13(9-7-12)17(21-20)10-14-15(18)4-3-5-16(14)19/h3-9,11,17,21H,10,20H2,1-2H3. The summed E-state index contributed by atoms with van der Waals surface area (Å²) >= 11 is 0. The van der Waals surface area contributed by atoms with Gasteiger partial charge in [0, 0.05) is 5.56 Å². The molecule has 0 spiro atoms. The third-order valence-electron chi connectivity index (χ3n) is 3.68. The third kappa shape index (κ3) is 3.65. The van der Waals surface area contributed by atoms with Crippen LogP contribution in [0.15, 0.2) is 42.5 Å². The first-order valence-corrected chi connectivity index (χ1v) is 7.01. The fraction of sp³-hybridized carbons (Fsp3) is 0.294. The number of nitrogens with one attached hydrogen (secondary N) is 1. The molecule has 0 aliphatic heterocycles. The molecule has 0 aliphatic rings. The summed E-state index contributed by atoms with van der Waals surface area (Å²) in [7, 11) is 0. The minimum atomic E-state index is -0.547. The summed E-state index contributed by atoms with van der Waals surface area (Å²) in [5.74, 6) is 4.90. The fourth-order valence-electron chi connectivity index (χ4n) is 2.32. The van der Waals surface area contributed by atoms with E-state index >= 15 is 0 Å². The van der Waals surface area contributed by atoms with Crippen LogP contribution < -0.4 is 11.3 Å². The van der Waals surface area contributed by atoms with Gasteiger partial charge in [-0.25, -0.2) is 8.78 Å². The van der Waals surface area contributed by atoms with Crippen molar-refractivity contribution in [3.05, 3.63) is 70.8 Å². The number of hydrazine groups is 1. The highest BCUT2D eigenvalue weighted by molar-refractivity contribution is 5.29. The Balaban J connectivity index is 2.24. The van der Waals surface area contributed by atoms with Gasteiger partial charge < -0.3 is 0 Å². The average Bonchev–Trinajstić information content (AvgIpc) is 2.47. The van der Waals surface area contributed by atoms with Crippen LogP contribution in [0.5, 0.6) is 0 Å². The van der Waals surface area contributed by atoms with E-state index in [9.17, 15) is 8.78 Å². The Morgan fingerprint density at radius 1 is 0.952 bits per heavy atom. The highest BCUT2D eigenvalue weighted by Crippen LogP contribution is 2.23. The summed E-state index contributed by atoms with van der Waals surface area (Å²) < 4.78 is 27.4. The lowest BCUT2D eigenvalue weighted by Crippen LogP contribution is -2.30. The van der Waals surface area contributed by atoms with Gasteiger partial charge in [-0.3, -0.25) is 11.3 Å². The van der Waals surface area contributed by atoms with Crippen molar-refractivity contribution in [2.45, 2.75) is 32.2 Å². The van der Waals surface area contributed by atoms with Crippen molar-refractivity contribution in [2.24, 2.45) is 5.84 Å². The number of benzene rings is 2. The molecule has 0 aromatic heterocycles. The molecule has 0 heterocycles. The van der Waals surface area contributed by atoms with E-state index in [4.69, 9.17) is 5.84 Å². The zero-order valence-corrected chi connectivity index (χ0v) is 12.2. The Hall–Kier alpha value is -1.78. The molecule has 3 N–H and O–H groups in total. The van der Waals surface area contributed by atoms with Gasteiger partial charge >= 0.3 is 0 Å². The second kappa shape index (κ2) is 6.78. The first kappa shape index (κ1) is 15.6. The number of hydrogen-bond acceptors (Lipinski definition) is 2. The highest BCUT2D eigenvalue weighted by atomic mass is 19.1. The van der Waals surface area contributed by atoms with Crippen LogP contribution in [0.1, 0.15) is 42.5 Å². The molecule has 0 aliphatic carbocycles. The number of nitrogens with two attached hydrogens (primary N) is 1. The van der Waals surface area contributed by atoms with Crippen molar-refractivity contribution in [3.63, 3.8) is 0 Å². The Bertz CT molecular complexity index is 574. The van der Waals surface area contributed by atoms with Gasteiger partial charge in [-0.05, 0) is 35.6 Å². The number of halogens is 2. The van der Waals surface area contributed by atoms with Gasteiger partial charge in [0.25, 0.3) is 0 Å². The van der Waals surface area contributed by atoms with Crippen molar-refractivity contribution in [1.82, 2.24) is 5.43 Å². The molecule has 1 atom stereocenters. The van der Waals surface area contributed by atoms with Crippen molar-refractivity contribution in [3.8, 4) is 0 Å². The largest absolute Gasteiger partial charge is 0.271 e. The van der Waals surface area contributed by atoms with Gasteiger partial charge in [-0.15, -0.1) is 0 Å². The molecule has 0 amide bonds. The van der Waals surface area contributed by atoms with Crippen LogP contribution >= 0.6 is 0 Å². The Labute approximate surface area is 124 Å². The molecule has 112 valence electrons. The van der Waals surface area contributed by atoms with Crippen LogP contribution in [-0.2, 0) is 6.42 Å². The van der Waals surface area contributed by atoms with Crippen molar-refractivity contribution in [2.75, 3.05) is 0 Å². The Morgan fingerprint density at radius 2 is 1.48 bits per heavy atom. The molecule has 0 radical (unpaired) electrons. The minimum absolute atomic E-state index is 0.0494. The van der Waals surface area contributed by atoms with Gasteiger partial charge in [0.05, 0.1) is 6.04 Å². The molecule has 1 unspecified atom stereocenters. The molecule has 0 bridgehead atoms. The predicted molar refractivity (Wildman–Crippen MR) is 80.7 cm³/mol. The third-order valence-corrected chi connectivity index (χ3v) is 3.68. The van der Waals surface area contributed by atoms with E-state index in [0.29, 0.717) is 5.92 Å². The molecule has 2 aromatic rings. The highest BCUT2D eigenvalue weighted by Gasteiger charge is 2.16. The maximum atomic E-state index is 13.7. The van der Waals surface area contributed by atoms with Gasteiger partial charge in [-0.1, -0.05) is 44.2 Å². The van der Waals surface area contributed by atoms with Crippen LogP contribution in [0.3, 0.4) is 0 Å². The predicted octanol–water partition coefficient (Wildman–Crippen LogP) is 3.84. The summed E-state index contributed by atoms with van der Waals surface area (Å²) in [6, 6.07) is 11.5. The van der Waals surface area contributed by atoms with E-state index in [0.717, 1.165) is 5.56 Å². The normalized spacial score (nSPS) is 12.7. The second-order valence-corrected chi connectivity index (χ2v) is 5.44. The average molecular weight is 290 g/mol. The quantitative estimate of drug-likeness (QED) is 0.648. The van der Waals surface area contributed by atoms with E-state index in [1.165, 1.54) is 23.8 Å². The minimum Gasteiger partial charge on any atom is -0.271 e. The molecule has 21 heavy (non-hydrogen) atoms. The maximum Gasteiger partial charge on any atom is 0.129 e. The number of rotatable bonds is 5. The summed E-state index contributed by atoms with van der Waals surface area (Å²) in [5, 5.41) is 0. The van der Waals surface area contributed by atoms with Crippen LogP contribution in [0.4, 0.5) is 8.78 Å². The summed E-state index contributed by atoms with van der Waals surface area (Å²) in [6.45, 7) is 4.23. The van der Waals surface area contributed by atoms with E-state index in [2.05, 4.69) is 19.3 Å². The maximum absolute atomic E-state index is 13.7. The van der Waals surface area contributed by atoms with Crippen LogP contribution in [0, 0.1) is 11.6 Å². The topological polar surface area (TPSA) is 38.0 Å². The molecule has 2 rings (SSSR count). The van der Waals surface area contributed by atoms with E-state index in [-0.39, 0.29) is 18.0 Å². The molecule has 2 nitrogen and oxygen atoms in total. The molecule has 2 aromatic carbocycles. The molecule has 4 heteroatoms. The fourth-order valence-corrected chi connectivity index (χ4v) is 2.32. The SMILES string of the molecule is CC(C)c1ccc(C(Cc2c(F)cccc2F)NN)cc1. The van der Waals surface area contributed by atoms with E-state index < -0.39 is 11.6 Å².